The molecule has 1 radical (unpaired) electrons. The molecule has 0 aromatic rings. The summed E-state index contributed by atoms with van der Waals surface area (Å²) in [5, 5.41) is 0. The zero-order valence-electron chi connectivity index (χ0n) is 5.85. The van der Waals surface area contributed by atoms with Gasteiger partial charge in [-0.1, -0.05) is 20.3 Å². The maximum atomic E-state index is 10.3. The molecule has 0 unspecified atom stereocenters. The summed E-state index contributed by atoms with van der Waals surface area (Å²) in [6.07, 6.45) is 0.853. The Morgan fingerprint density at radius 3 is 2.33 bits per heavy atom. The van der Waals surface area contributed by atoms with Crippen molar-refractivity contribution in [3.63, 3.8) is 0 Å². The normalized spacial score (nSPS) is 16.8. The van der Waals surface area contributed by atoms with Gasteiger partial charge in [0.2, 0.25) is 0 Å². The van der Waals surface area contributed by atoms with Crippen molar-refractivity contribution in [3.8, 4) is 0 Å². The summed E-state index contributed by atoms with van der Waals surface area (Å²) in [5.74, 6) is -0.528. The molecule has 1 amide bonds. The van der Waals surface area contributed by atoms with Crippen LogP contribution in [0.3, 0.4) is 0 Å². The summed E-state index contributed by atoms with van der Waals surface area (Å²) in [5.41, 5.74) is 12.0. The molecule has 0 spiro atoms. The molecule has 0 rings (SSSR count). The summed E-state index contributed by atoms with van der Waals surface area (Å²) in [6, 6.07) is -0.588. The minimum absolute atomic E-state index is 0.134. The van der Waals surface area contributed by atoms with Gasteiger partial charge >= 0.3 is 0 Å². The van der Waals surface area contributed by atoms with Crippen LogP contribution in [-0.2, 0) is 4.79 Å². The van der Waals surface area contributed by atoms with Crippen LogP contribution in [0.1, 0.15) is 20.3 Å². The van der Waals surface area contributed by atoms with Crippen LogP contribution in [0.4, 0.5) is 0 Å². The van der Waals surface area contributed by atoms with Gasteiger partial charge in [0.05, 0.1) is 6.04 Å². The molecule has 0 aliphatic rings. The van der Waals surface area contributed by atoms with Crippen LogP contribution >= 0.6 is 0 Å². The van der Waals surface area contributed by atoms with Crippen LogP contribution in [0.2, 0.25) is 0 Å². The molecule has 0 aromatic heterocycles. The lowest BCUT2D eigenvalue weighted by molar-refractivity contribution is -0.120. The number of hydrogen-bond donors (Lipinski definition) is 1. The van der Waals surface area contributed by atoms with Crippen molar-refractivity contribution in [2.24, 2.45) is 11.7 Å². The Hall–Kier alpha value is -0.570. The van der Waals surface area contributed by atoms with Gasteiger partial charge in [0, 0.05) is 0 Å². The number of amides is 1. The van der Waals surface area contributed by atoms with Crippen molar-refractivity contribution >= 4 is 5.91 Å². The molecule has 0 saturated heterocycles. The Morgan fingerprint density at radius 1 is 1.78 bits per heavy atom. The molecule has 0 heterocycles. The molecule has 53 valence electrons. The predicted molar refractivity (Wildman–Crippen MR) is 35.5 cm³/mol. The lowest BCUT2D eigenvalue weighted by atomic mass is 10.00. The summed E-state index contributed by atoms with van der Waals surface area (Å²) in [4.78, 5) is 10.3. The molecular formula is C6H13N2O. The molecule has 3 N–H and O–H groups in total. The second-order valence-corrected chi connectivity index (χ2v) is 2.28. The first kappa shape index (κ1) is 8.43. The van der Waals surface area contributed by atoms with E-state index in [4.69, 9.17) is 11.5 Å². The van der Waals surface area contributed by atoms with E-state index in [-0.39, 0.29) is 5.92 Å². The minimum Gasteiger partial charge on any atom is -0.320 e. The second-order valence-electron chi connectivity index (χ2n) is 2.28. The van der Waals surface area contributed by atoms with E-state index in [9.17, 15) is 4.79 Å². The van der Waals surface area contributed by atoms with Gasteiger partial charge in [-0.3, -0.25) is 10.5 Å². The number of carbonyl (C=O) groups is 1. The van der Waals surface area contributed by atoms with E-state index in [2.05, 4.69) is 0 Å². The number of nitrogens with one attached hydrogen (secondary N) is 1. The quantitative estimate of drug-likeness (QED) is 0.590. The van der Waals surface area contributed by atoms with Crippen LogP contribution in [0.15, 0.2) is 0 Å². The van der Waals surface area contributed by atoms with E-state index < -0.39 is 11.9 Å². The van der Waals surface area contributed by atoms with Crippen LogP contribution < -0.4 is 11.5 Å². The van der Waals surface area contributed by atoms with Gasteiger partial charge in [0.15, 0.2) is 0 Å². The van der Waals surface area contributed by atoms with Crippen molar-refractivity contribution in [2.75, 3.05) is 0 Å². The average Bonchev–Trinajstić information content (AvgIpc) is 1.84. The van der Waals surface area contributed by atoms with Gasteiger partial charge in [0.25, 0.3) is 5.91 Å². The Labute approximate surface area is 55.4 Å². The lowest BCUT2D eigenvalue weighted by Gasteiger charge is -2.12. The fraction of sp³-hybridized carbons (Fsp3) is 0.833. The number of hydrogen-bond acceptors (Lipinski definition) is 2. The van der Waals surface area contributed by atoms with Crippen molar-refractivity contribution in [3.05, 3.63) is 0 Å². The molecular weight excluding hydrogens is 116 g/mol. The van der Waals surface area contributed by atoms with Gasteiger partial charge in [-0.25, -0.2) is 0 Å². The molecule has 9 heavy (non-hydrogen) atoms. The molecule has 0 aliphatic carbocycles. The molecule has 0 bridgehead atoms. The Balaban J connectivity index is 3.72. The van der Waals surface area contributed by atoms with Gasteiger partial charge < -0.3 is 5.73 Å². The van der Waals surface area contributed by atoms with E-state index in [0.29, 0.717) is 0 Å². The number of rotatable bonds is 3. The molecule has 3 nitrogen and oxygen atoms in total. The summed E-state index contributed by atoms with van der Waals surface area (Å²) in [6.45, 7) is 3.82. The van der Waals surface area contributed by atoms with E-state index in [1.807, 2.05) is 13.8 Å². The van der Waals surface area contributed by atoms with Gasteiger partial charge in [-0.15, -0.1) is 0 Å². The highest BCUT2D eigenvalue weighted by molar-refractivity contribution is 5.79. The highest BCUT2D eigenvalue weighted by Gasteiger charge is 2.15. The third-order valence-corrected chi connectivity index (χ3v) is 1.56. The first-order valence-corrected chi connectivity index (χ1v) is 3.10. The Bertz CT molecular complexity index is 103. The molecule has 0 aromatic carbocycles. The zero-order chi connectivity index (χ0) is 7.44. The Morgan fingerprint density at radius 2 is 2.22 bits per heavy atom. The SMILES string of the molecule is CC[C@H](C)[C@H](N)C([NH])=O. The van der Waals surface area contributed by atoms with Gasteiger partial charge in [-0.05, 0) is 5.92 Å². The van der Waals surface area contributed by atoms with Crippen molar-refractivity contribution in [1.82, 2.24) is 5.73 Å². The lowest BCUT2D eigenvalue weighted by Crippen LogP contribution is -2.37. The second kappa shape index (κ2) is 3.45. The third-order valence-electron chi connectivity index (χ3n) is 1.56. The van der Waals surface area contributed by atoms with Crippen LogP contribution in [-0.4, -0.2) is 11.9 Å². The maximum Gasteiger partial charge on any atom is 0.255 e. The highest BCUT2D eigenvalue weighted by Crippen LogP contribution is 2.03. The van der Waals surface area contributed by atoms with E-state index in [1.165, 1.54) is 0 Å². The first-order valence-electron chi connectivity index (χ1n) is 3.10. The molecule has 0 aliphatic heterocycles. The highest BCUT2D eigenvalue weighted by atomic mass is 16.1. The van der Waals surface area contributed by atoms with Gasteiger partial charge in [0.1, 0.15) is 0 Å². The predicted octanol–water partition coefficient (Wildman–Crippen LogP) is 0.169. The Kier molecular flexibility index (Phi) is 3.24. The number of carbonyl (C=O) groups excluding carboxylic acids is 1. The van der Waals surface area contributed by atoms with Crippen molar-refractivity contribution < 1.29 is 4.79 Å². The fourth-order valence-electron chi connectivity index (χ4n) is 0.512. The summed E-state index contributed by atoms with van der Waals surface area (Å²) in [7, 11) is 0. The largest absolute Gasteiger partial charge is 0.320 e. The minimum atomic E-state index is -0.663. The van der Waals surface area contributed by atoms with Crippen molar-refractivity contribution in [2.45, 2.75) is 26.3 Å². The monoisotopic (exact) mass is 129 g/mol. The number of nitrogens with two attached hydrogens (primary N) is 1. The van der Waals surface area contributed by atoms with Crippen LogP contribution in [0, 0.1) is 5.92 Å². The maximum absolute atomic E-state index is 10.3. The molecule has 0 fully saturated rings. The average molecular weight is 129 g/mol. The topological polar surface area (TPSA) is 66.9 Å². The standard InChI is InChI=1S/C6H13N2O/c1-3-4(2)5(7)6(8)9/h4-5,8H,3,7H2,1-2H3/t4-,5-/m0/s1. The molecule has 2 atom stereocenters. The summed E-state index contributed by atoms with van der Waals surface area (Å²) < 4.78 is 0. The summed E-state index contributed by atoms with van der Waals surface area (Å²) >= 11 is 0. The van der Waals surface area contributed by atoms with Crippen LogP contribution in [0.25, 0.3) is 0 Å². The van der Waals surface area contributed by atoms with Crippen molar-refractivity contribution in [1.29, 1.82) is 0 Å². The van der Waals surface area contributed by atoms with E-state index in [0.717, 1.165) is 6.42 Å². The van der Waals surface area contributed by atoms with Crippen LogP contribution in [0.5, 0.6) is 0 Å². The smallest absolute Gasteiger partial charge is 0.255 e. The third kappa shape index (κ3) is 2.46. The van der Waals surface area contributed by atoms with Gasteiger partial charge in [-0.2, -0.15) is 0 Å². The van der Waals surface area contributed by atoms with E-state index >= 15 is 0 Å². The molecule has 0 saturated carbocycles. The zero-order valence-corrected chi connectivity index (χ0v) is 5.85. The van der Waals surface area contributed by atoms with E-state index in [1.54, 1.807) is 0 Å². The fourth-order valence-corrected chi connectivity index (χ4v) is 0.512. The molecule has 3 heteroatoms. The first-order chi connectivity index (χ1) is 4.09.